The summed E-state index contributed by atoms with van der Waals surface area (Å²) in [6.45, 7) is 4.47. The molecule has 2 aromatic rings. The SMILES string of the molecule is CCCCCCCc1cccc2cc(CC)[nH]c12. The number of aromatic amines is 1. The van der Waals surface area contributed by atoms with Crippen molar-refractivity contribution in [1.82, 2.24) is 4.98 Å². The number of para-hydroxylation sites is 1. The van der Waals surface area contributed by atoms with Gasteiger partial charge in [-0.1, -0.05) is 57.7 Å². The molecule has 0 saturated heterocycles. The monoisotopic (exact) mass is 243 g/mol. The van der Waals surface area contributed by atoms with Gasteiger partial charge in [-0.3, -0.25) is 0 Å². The lowest BCUT2D eigenvalue weighted by atomic mass is 10.0. The molecule has 0 unspecified atom stereocenters. The summed E-state index contributed by atoms with van der Waals surface area (Å²) in [5.41, 5.74) is 4.21. The van der Waals surface area contributed by atoms with Gasteiger partial charge in [-0.15, -0.1) is 0 Å². The van der Waals surface area contributed by atoms with E-state index in [1.165, 1.54) is 60.7 Å². The highest BCUT2D eigenvalue weighted by atomic mass is 14.7. The molecule has 0 fully saturated rings. The molecule has 18 heavy (non-hydrogen) atoms. The van der Waals surface area contributed by atoms with Gasteiger partial charge in [-0.25, -0.2) is 0 Å². The van der Waals surface area contributed by atoms with Crippen molar-refractivity contribution in [3.8, 4) is 0 Å². The molecule has 1 N–H and O–H groups in total. The van der Waals surface area contributed by atoms with Crippen LogP contribution in [0.5, 0.6) is 0 Å². The Bertz CT molecular complexity index is 481. The van der Waals surface area contributed by atoms with Crippen LogP contribution in [-0.4, -0.2) is 4.98 Å². The number of aromatic nitrogens is 1. The fourth-order valence-corrected chi connectivity index (χ4v) is 2.59. The summed E-state index contributed by atoms with van der Waals surface area (Å²) >= 11 is 0. The van der Waals surface area contributed by atoms with Gasteiger partial charge >= 0.3 is 0 Å². The molecule has 0 bridgehead atoms. The maximum absolute atomic E-state index is 3.57. The van der Waals surface area contributed by atoms with Gasteiger partial charge in [0.05, 0.1) is 0 Å². The lowest BCUT2D eigenvalue weighted by molar-refractivity contribution is 0.633. The largest absolute Gasteiger partial charge is 0.358 e. The summed E-state index contributed by atoms with van der Waals surface area (Å²) in [6.07, 6.45) is 9.08. The molecule has 0 aliphatic carbocycles. The van der Waals surface area contributed by atoms with E-state index in [9.17, 15) is 0 Å². The number of hydrogen-bond acceptors (Lipinski definition) is 0. The summed E-state index contributed by atoms with van der Waals surface area (Å²) in [4.78, 5) is 3.57. The molecule has 0 aliphatic rings. The first kappa shape index (κ1) is 13.2. The Labute approximate surface area is 111 Å². The fraction of sp³-hybridized carbons (Fsp3) is 0.529. The second-order valence-corrected chi connectivity index (χ2v) is 5.19. The maximum atomic E-state index is 3.57. The fourth-order valence-electron chi connectivity index (χ4n) is 2.59. The van der Waals surface area contributed by atoms with Crippen LogP contribution in [0, 0.1) is 0 Å². The normalized spacial score (nSPS) is 11.2. The van der Waals surface area contributed by atoms with Crippen molar-refractivity contribution < 1.29 is 0 Å². The van der Waals surface area contributed by atoms with E-state index in [4.69, 9.17) is 0 Å². The summed E-state index contributed by atoms with van der Waals surface area (Å²) in [5.74, 6) is 0. The standard InChI is InChI=1S/C17H25N/c1-3-5-6-7-8-10-14-11-9-12-15-13-16(4-2)18-17(14)15/h9,11-13,18H,3-8,10H2,1-2H3. The molecule has 0 spiro atoms. The van der Waals surface area contributed by atoms with Gasteiger partial charge in [0.15, 0.2) is 0 Å². The second-order valence-electron chi connectivity index (χ2n) is 5.19. The summed E-state index contributed by atoms with van der Waals surface area (Å²) in [7, 11) is 0. The number of fused-ring (bicyclic) bond motifs is 1. The zero-order chi connectivity index (χ0) is 12.8. The number of unbranched alkanes of at least 4 members (excludes halogenated alkanes) is 4. The van der Waals surface area contributed by atoms with Gasteiger partial charge in [0, 0.05) is 11.2 Å². The van der Waals surface area contributed by atoms with E-state index in [0.29, 0.717) is 0 Å². The van der Waals surface area contributed by atoms with Crippen molar-refractivity contribution >= 4 is 10.9 Å². The number of aryl methyl sites for hydroxylation is 2. The van der Waals surface area contributed by atoms with Crippen LogP contribution in [0.15, 0.2) is 24.3 Å². The third-order valence-electron chi connectivity index (χ3n) is 3.73. The number of benzene rings is 1. The molecular formula is C17H25N. The van der Waals surface area contributed by atoms with Gasteiger partial charge in [-0.2, -0.15) is 0 Å². The lowest BCUT2D eigenvalue weighted by Gasteiger charge is -2.03. The highest BCUT2D eigenvalue weighted by Crippen LogP contribution is 2.21. The van der Waals surface area contributed by atoms with Gasteiger partial charge in [-0.05, 0) is 36.3 Å². The van der Waals surface area contributed by atoms with E-state index in [0.717, 1.165) is 6.42 Å². The van der Waals surface area contributed by atoms with Gasteiger partial charge in [0.2, 0.25) is 0 Å². The first-order valence-electron chi connectivity index (χ1n) is 7.44. The van der Waals surface area contributed by atoms with Crippen LogP contribution >= 0.6 is 0 Å². The number of nitrogens with one attached hydrogen (secondary N) is 1. The van der Waals surface area contributed by atoms with E-state index in [1.807, 2.05) is 0 Å². The third kappa shape index (κ3) is 3.16. The van der Waals surface area contributed by atoms with Crippen LogP contribution in [0.2, 0.25) is 0 Å². The summed E-state index contributed by atoms with van der Waals surface area (Å²) in [6, 6.07) is 8.97. The molecule has 98 valence electrons. The molecule has 0 atom stereocenters. The Hall–Kier alpha value is -1.24. The van der Waals surface area contributed by atoms with Crippen molar-refractivity contribution in [3.05, 3.63) is 35.5 Å². The molecular weight excluding hydrogens is 218 g/mol. The van der Waals surface area contributed by atoms with Crippen molar-refractivity contribution in [3.63, 3.8) is 0 Å². The van der Waals surface area contributed by atoms with E-state index in [2.05, 4.69) is 43.1 Å². The predicted molar refractivity (Wildman–Crippen MR) is 80.1 cm³/mol. The van der Waals surface area contributed by atoms with Crippen molar-refractivity contribution in [2.45, 2.75) is 58.8 Å². The van der Waals surface area contributed by atoms with Crippen LogP contribution in [0.1, 0.15) is 57.2 Å². The van der Waals surface area contributed by atoms with Crippen LogP contribution < -0.4 is 0 Å². The molecule has 0 amide bonds. The van der Waals surface area contributed by atoms with Crippen LogP contribution in [-0.2, 0) is 12.8 Å². The Kier molecular flexibility index (Phi) is 4.86. The second kappa shape index (κ2) is 6.63. The van der Waals surface area contributed by atoms with Gasteiger partial charge in [0.1, 0.15) is 0 Å². The Balaban J connectivity index is 2.01. The summed E-state index contributed by atoms with van der Waals surface area (Å²) < 4.78 is 0. The Morgan fingerprint density at radius 2 is 1.83 bits per heavy atom. The number of hydrogen-bond donors (Lipinski definition) is 1. The van der Waals surface area contributed by atoms with Gasteiger partial charge < -0.3 is 4.98 Å². The average Bonchev–Trinajstić information content (AvgIpc) is 2.82. The van der Waals surface area contributed by atoms with E-state index >= 15 is 0 Å². The van der Waals surface area contributed by atoms with Crippen LogP contribution in [0.4, 0.5) is 0 Å². The first-order chi connectivity index (χ1) is 8.85. The molecule has 1 heterocycles. The van der Waals surface area contributed by atoms with Crippen LogP contribution in [0.25, 0.3) is 10.9 Å². The highest BCUT2D eigenvalue weighted by Gasteiger charge is 2.04. The van der Waals surface area contributed by atoms with Crippen LogP contribution in [0.3, 0.4) is 0 Å². The minimum atomic E-state index is 1.09. The Morgan fingerprint density at radius 1 is 1.00 bits per heavy atom. The Morgan fingerprint density at radius 3 is 2.61 bits per heavy atom. The summed E-state index contributed by atoms with van der Waals surface area (Å²) in [5, 5.41) is 1.37. The minimum Gasteiger partial charge on any atom is -0.358 e. The van der Waals surface area contributed by atoms with Crippen molar-refractivity contribution in [1.29, 1.82) is 0 Å². The average molecular weight is 243 g/mol. The maximum Gasteiger partial charge on any atom is 0.0488 e. The minimum absolute atomic E-state index is 1.09. The highest BCUT2D eigenvalue weighted by molar-refractivity contribution is 5.83. The quantitative estimate of drug-likeness (QED) is 0.640. The molecule has 1 aromatic heterocycles. The van der Waals surface area contributed by atoms with E-state index in [-0.39, 0.29) is 0 Å². The number of H-pyrrole nitrogens is 1. The first-order valence-corrected chi connectivity index (χ1v) is 7.44. The molecule has 1 nitrogen and oxygen atoms in total. The van der Waals surface area contributed by atoms with Gasteiger partial charge in [0.25, 0.3) is 0 Å². The molecule has 0 aliphatic heterocycles. The molecule has 0 saturated carbocycles. The number of rotatable bonds is 7. The van der Waals surface area contributed by atoms with E-state index in [1.54, 1.807) is 0 Å². The molecule has 1 heteroatoms. The van der Waals surface area contributed by atoms with E-state index < -0.39 is 0 Å². The zero-order valence-corrected chi connectivity index (χ0v) is 11.8. The lowest BCUT2D eigenvalue weighted by Crippen LogP contribution is -1.88. The van der Waals surface area contributed by atoms with Crippen molar-refractivity contribution in [2.75, 3.05) is 0 Å². The smallest absolute Gasteiger partial charge is 0.0488 e. The third-order valence-corrected chi connectivity index (χ3v) is 3.73. The molecule has 2 rings (SSSR count). The predicted octanol–water partition coefficient (Wildman–Crippen LogP) is 5.24. The topological polar surface area (TPSA) is 15.8 Å². The molecule has 0 radical (unpaired) electrons. The molecule has 1 aromatic carbocycles. The zero-order valence-electron chi connectivity index (χ0n) is 11.8. The van der Waals surface area contributed by atoms with Crippen molar-refractivity contribution in [2.24, 2.45) is 0 Å².